The smallest absolute Gasteiger partial charge is 0.414 e. The number of benzene rings is 4. The highest BCUT2D eigenvalue weighted by Gasteiger charge is 2.53. The van der Waals surface area contributed by atoms with Crippen molar-refractivity contribution in [2.75, 3.05) is 13.7 Å². The molecule has 0 saturated carbocycles. The lowest BCUT2D eigenvalue weighted by Crippen LogP contribution is -2.66. The van der Waals surface area contributed by atoms with Crippen molar-refractivity contribution in [1.82, 2.24) is 5.32 Å². The van der Waals surface area contributed by atoms with E-state index < -0.39 is 212 Å². The maximum Gasteiger partial charge on any atom is 0.416 e. The van der Waals surface area contributed by atoms with Crippen molar-refractivity contribution in [3.05, 3.63) is 117 Å². The first kappa shape index (κ1) is 67.3. The van der Waals surface area contributed by atoms with Crippen LogP contribution in [0.25, 0.3) is 0 Å². The average molecular weight is 1260 g/mol. The predicted octanol–water partition coefficient (Wildman–Crippen LogP) is 14.9. The molecule has 0 spiro atoms. The molecule has 452 valence electrons. The zero-order chi connectivity index (χ0) is 62.0. The van der Waals surface area contributed by atoms with Crippen molar-refractivity contribution in [1.29, 1.82) is 0 Å². The van der Waals surface area contributed by atoms with Gasteiger partial charge < -0.3 is 28.3 Å². The van der Waals surface area contributed by atoms with Gasteiger partial charge in [0, 0.05) is 35.3 Å². The van der Waals surface area contributed by atoms with Crippen LogP contribution >= 0.6 is 16.3 Å². The maximum absolute atomic E-state index is 14.6. The number of hydrogen-bond acceptors (Lipinski definition) is 6. The van der Waals surface area contributed by atoms with Gasteiger partial charge in [0.1, 0.15) is 24.4 Å². The molecule has 1 aliphatic heterocycles. The van der Waals surface area contributed by atoms with E-state index in [0.717, 1.165) is 7.11 Å². The number of carbonyl (C=O) groups is 1. The average Bonchev–Trinajstić information content (AvgIpc) is 3.29. The Bertz CT molecular complexity index is 2610. The number of amides is 1. The van der Waals surface area contributed by atoms with E-state index in [1.807, 2.05) is 0 Å². The number of rotatable bonds is 13. The Morgan fingerprint density at radius 2 is 0.716 bits per heavy atom. The zero-order valence-corrected chi connectivity index (χ0v) is 44.7. The standard InChI is InChI=1S/C47H41F24NO6P2Si/c1-21(73)72-35-37(78-80(32-16-26(44(60,61)62)10-27(17-32)45(63,64)65)33-18-28(46(66,67)68)11-29(19-33)47(69,70)71)36(34(76-38(35)74-5)20-75-81(6,7)39(2,3)4)77-79(30-12-22(40(48,49)50)8-23(13-30)41(51,52)53)31-14-24(42(54,55)56)9-25(15-31)43(57,58)59/h8-19,34-38H,20H2,1-7H3,(H,72,73)/t34-,35-,36-,37-,38-/m1/s1. The van der Waals surface area contributed by atoms with Crippen LogP contribution in [0.2, 0.25) is 18.1 Å². The maximum atomic E-state index is 14.6. The molecular weight excluding hydrogens is 1220 g/mol. The Morgan fingerprint density at radius 3 is 0.926 bits per heavy atom. The summed E-state index contributed by atoms with van der Waals surface area (Å²) in [6, 6.07) is -6.30. The van der Waals surface area contributed by atoms with Crippen LogP contribution < -0.4 is 26.5 Å². The molecular formula is C47H41F24NO6P2Si. The summed E-state index contributed by atoms with van der Waals surface area (Å²) in [7, 11) is -11.1. The second kappa shape index (κ2) is 23.2. The van der Waals surface area contributed by atoms with E-state index in [2.05, 4.69) is 5.32 Å². The first-order chi connectivity index (χ1) is 36.3. The van der Waals surface area contributed by atoms with Crippen LogP contribution in [0.1, 0.15) is 72.2 Å². The first-order valence-electron chi connectivity index (χ1n) is 22.5. The Kier molecular flexibility index (Phi) is 19.3. The Hall–Kier alpha value is -4.45. The molecule has 34 heteroatoms. The number of alkyl halides is 24. The van der Waals surface area contributed by atoms with Gasteiger partial charge in [-0.3, -0.25) is 4.79 Å². The van der Waals surface area contributed by atoms with Crippen LogP contribution in [-0.2, 0) is 77.2 Å². The topological polar surface area (TPSA) is 75.2 Å². The number of hydrogen-bond donors (Lipinski definition) is 1. The third-order valence-corrected chi connectivity index (χ3v) is 20.7. The highest BCUT2D eigenvalue weighted by molar-refractivity contribution is 7.69. The molecule has 0 radical (unpaired) electrons. The molecule has 1 heterocycles. The molecule has 4 aromatic carbocycles. The largest absolute Gasteiger partial charge is 0.416 e. The van der Waals surface area contributed by atoms with E-state index in [1.54, 1.807) is 20.8 Å². The summed E-state index contributed by atoms with van der Waals surface area (Å²) in [5.41, 5.74) is -18.3. The lowest BCUT2D eigenvalue weighted by atomic mass is 9.97. The molecule has 0 bridgehead atoms. The van der Waals surface area contributed by atoms with Crippen molar-refractivity contribution in [3.63, 3.8) is 0 Å². The van der Waals surface area contributed by atoms with Gasteiger partial charge in [0.05, 0.1) is 67.4 Å². The molecule has 1 N–H and O–H groups in total. The monoisotopic (exact) mass is 1260 g/mol. The van der Waals surface area contributed by atoms with Gasteiger partial charge in [0.15, 0.2) is 14.6 Å². The van der Waals surface area contributed by atoms with E-state index in [-0.39, 0.29) is 48.5 Å². The van der Waals surface area contributed by atoms with Crippen molar-refractivity contribution >= 4 is 51.7 Å². The summed E-state index contributed by atoms with van der Waals surface area (Å²) >= 11 is 0. The van der Waals surface area contributed by atoms with Gasteiger partial charge in [-0.15, -0.1) is 0 Å². The van der Waals surface area contributed by atoms with Gasteiger partial charge in [-0.05, 0) is 90.9 Å². The number of carbonyl (C=O) groups excluding carboxylic acids is 1. The van der Waals surface area contributed by atoms with Crippen molar-refractivity contribution in [2.45, 2.75) is 126 Å². The minimum Gasteiger partial charge on any atom is -0.414 e. The summed E-state index contributed by atoms with van der Waals surface area (Å²) in [5, 5.41) is -5.07. The second-order valence-electron chi connectivity index (χ2n) is 19.4. The van der Waals surface area contributed by atoms with E-state index in [1.165, 1.54) is 13.1 Å². The fourth-order valence-corrected chi connectivity index (χ4v) is 12.5. The van der Waals surface area contributed by atoms with Gasteiger partial charge in [-0.25, -0.2) is 0 Å². The number of methoxy groups -OCH3 is 1. The highest BCUT2D eigenvalue weighted by atomic mass is 31.1. The van der Waals surface area contributed by atoms with E-state index >= 15 is 0 Å². The van der Waals surface area contributed by atoms with Gasteiger partial charge in [-0.1, -0.05) is 20.8 Å². The lowest BCUT2D eigenvalue weighted by Gasteiger charge is -2.48. The van der Waals surface area contributed by atoms with Crippen LogP contribution in [0, 0.1) is 0 Å². The highest BCUT2D eigenvalue weighted by Crippen LogP contribution is 2.51. The zero-order valence-electron chi connectivity index (χ0n) is 41.9. The molecule has 0 aliphatic carbocycles. The summed E-state index contributed by atoms with van der Waals surface area (Å²) < 4.78 is 380. The van der Waals surface area contributed by atoms with Crippen molar-refractivity contribution in [2.24, 2.45) is 0 Å². The number of ether oxygens (including phenoxy) is 2. The lowest BCUT2D eigenvalue weighted by molar-refractivity contribution is -0.250. The van der Waals surface area contributed by atoms with Crippen LogP contribution in [0.4, 0.5) is 105 Å². The van der Waals surface area contributed by atoms with E-state index in [0.29, 0.717) is 6.92 Å². The Labute approximate surface area is 446 Å². The molecule has 7 nitrogen and oxygen atoms in total. The van der Waals surface area contributed by atoms with Crippen LogP contribution in [0.15, 0.2) is 72.8 Å². The molecule has 0 unspecified atom stereocenters. The van der Waals surface area contributed by atoms with Gasteiger partial charge >= 0.3 is 49.4 Å². The van der Waals surface area contributed by atoms with Crippen LogP contribution in [-0.4, -0.2) is 58.6 Å². The van der Waals surface area contributed by atoms with E-state index in [9.17, 15) is 110 Å². The van der Waals surface area contributed by atoms with Crippen molar-refractivity contribution < 1.29 is 133 Å². The summed E-state index contributed by atoms with van der Waals surface area (Å²) in [6.45, 7) is 7.33. The van der Waals surface area contributed by atoms with Crippen LogP contribution in [0.3, 0.4) is 0 Å². The SMILES string of the molecule is CO[C@@H]1O[C@H](CO[Si](C)(C)C(C)(C)C)[C@@H](OP(c2cc(C(F)(F)F)cc(C(F)(F)F)c2)c2cc(C(F)(F)F)cc(C(F)(F)F)c2)[C@H](OP(c2cc(C(F)(F)F)cc(C(F)(F)F)c2)c2cc(C(F)(F)F)cc(C(F)(F)F)c2)[C@H]1NC(C)=O. The summed E-state index contributed by atoms with van der Waals surface area (Å²) in [5.74, 6) is -1.31. The Morgan fingerprint density at radius 1 is 0.469 bits per heavy atom. The summed E-state index contributed by atoms with van der Waals surface area (Å²) in [4.78, 5) is 13.1. The fourth-order valence-electron chi connectivity index (χ4n) is 7.39. The molecule has 81 heavy (non-hydrogen) atoms. The van der Waals surface area contributed by atoms with E-state index in [4.69, 9.17) is 22.9 Å². The number of halogens is 24. The molecule has 5 atom stereocenters. The van der Waals surface area contributed by atoms with Crippen molar-refractivity contribution in [3.8, 4) is 0 Å². The fraction of sp³-hybridized carbons (Fsp3) is 0.468. The van der Waals surface area contributed by atoms with Crippen LogP contribution in [0.5, 0.6) is 0 Å². The summed E-state index contributed by atoms with van der Waals surface area (Å²) in [6.07, 6.45) is -56.9. The molecule has 0 aromatic heterocycles. The molecule has 1 aliphatic rings. The molecule has 1 saturated heterocycles. The molecule has 1 amide bonds. The first-order valence-corrected chi connectivity index (χ1v) is 28.0. The predicted molar refractivity (Wildman–Crippen MR) is 244 cm³/mol. The third-order valence-electron chi connectivity index (χ3n) is 12.3. The number of nitrogens with one attached hydrogen (secondary N) is 1. The van der Waals surface area contributed by atoms with Gasteiger partial charge in [0.2, 0.25) is 5.91 Å². The minimum atomic E-state index is -5.85. The van der Waals surface area contributed by atoms with Gasteiger partial charge in [0.25, 0.3) is 0 Å². The van der Waals surface area contributed by atoms with Gasteiger partial charge in [-0.2, -0.15) is 105 Å². The molecule has 4 aromatic rings. The normalized spacial score (nSPS) is 19.6. The molecule has 5 rings (SSSR count). The quantitative estimate of drug-likeness (QED) is 0.0817. The second-order valence-corrected chi connectivity index (χ2v) is 27.8. The minimum absolute atomic E-state index is 0.214. The Balaban J connectivity index is 2.05. The molecule has 1 fully saturated rings. The third kappa shape index (κ3) is 16.7.